The van der Waals surface area contributed by atoms with Crippen molar-refractivity contribution in [1.29, 1.82) is 0 Å². The van der Waals surface area contributed by atoms with E-state index in [0.717, 1.165) is 16.7 Å². The number of aromatic amines is 1. The molecule has 3 N–H and O–H groups in total. The molecule has 2 aromatic heterocycles. The second-order valence-electron chi connectivity index (χ2n) is 13.7. The Morgan fingerprint density at radius 3 is 2.02 bits per heavy atom. The minimum absolute atomic E-state index is 0.0781. The molecule has 17 heteroatoms. The first-order valence-corrected chi connectivity index (χ1v) is 23.5. The number of sulfonamides is 1. The number of nitrogens with two attached hydrogens (primary N) is 1. The van der Waals surface area contributed by atoms with Crippen LogP contribution in [-0.4, -0.2) is 80.3 Å². The highest BCUT2D eigenvalue weighted by Crippen LogP contribution is 2.42. The molecule has 0 amide bonds. The van der Waals surface area contributed by atoms with Crippen LogP contribution in [0.5, 0.6) is 11.5 Å². The lowest BCUT2D eigenvalue weighted by Crippen LogP contribution is -2.25. The average molecular weight is 773 g/mol. The fourth-order valence-corrected chi connectivity index (χ4v) is 11.9. The lowest BCUT2D eigenvalue weighted by Gasteiger charge is -2.20. The minimum atomic E-state index is -4.71. The number of nitrogens with one attached hydrogen (secondary N) is 1. The number of primary sulfonamides is 1. The van der Waals surface area contributed by atoms with Gasteiger partial charge in [0.2, 0.25) is 15.8 Å². The number of aromatic nitrogens is 7. The van der Waals surface area contributed by atoms with Gasteiger partial charge in [-0.25, -0.2) is 27.0 Å². The van der Waals surface area contributed by atoms with Crippen LogP contribution in [0.25, 0.3) is 33.9 Å². The third-order valence-electron chi connectivity index (χ3n) is 8.68. The van der Waals surface area contributed by atoms with E-state index in [0.29, 0.717) is 46.5 Å². The van der Waals surface area contributed by atoms with Gasteiger partial charge in [0.05, 0.1) is 37.0 Å². The van der Waals surface area contributed by atoms with Crippen molar-refractivity contribution in [2.45, 2.75) is 48.4 Å². The van der Waals surface area contributed by atoms with Gasteiger partial charge in [-0.15, -0.1) is 10.2 Å². The van der Waals surface area contributed by atoms with Crippen molar-refractivity contribution in [3.63, 3.8) is 0 Å². The van der Waals surface area contributed by atoms with Crippen molar-refractivity contribution in [2.24, 2.45) is 5.14 Å². The maximum atomic E-state index is 14.0. The van der Waals surface area contributed by atoms with Crippen molar-refractivity contribution in [3.8, 4) is 45.4 Å². The molecule has 0 spiro atoms. The van der Waals surface area contributed by atoms with Crippen molar-refractivity contribution in [1.82, 2.24) is 35.4 Å². The number of nitrogens with zero attached hydrogens (tertiary/aromatic N) is 6. The second kappa shape index (κ2) is 15.0. The van der Waals surface area contributed by atoms with Gasteiger partial charge in [-0.1, -0.05) is 68.2 Å². The van der Waals surface area contributed by atoms with Crippen molar-refractivity contribution in [3.05, 3.63) is 102 Å². The van der Waals surface area contributed by atoms with Crippen LogP contribution in [0.2, 0.25) is 25.7 Å². The fraction of sp³-hybridized carbons (Fsp3) is 0.250. The SMILES string of the molecule is COc1ccc(Cc2c(-c3nc[nH]n3)cccc2-c2ccc(S(=O)(=O)CC[Si](C)(C)C)c(S(N)(=O)=O)c2-c2nnn(Cc3ccc(OC)cc3)n2)cc1. The maximum absolute atomic E-state index is 14.0. The zero-order valence-electron chi connectivity index (χ0n) is 29.9. The quantitative estimate of drug-likeness (QED) is 0.138. The molecule has 276 valence electrons. The number of ether oxygens (including phenoxy) is 2. The van der Waals surface area contributed by atoms with Crippen molar-refractivity contribution in [2.75, 3.05) is 20.0 Å². The third-order valence-corrected chi connectivity index (χ3v) is 13.7. The van der Waals surface area contributed by atoms with E-state index in [2.05, 4.69) is 30.6 Å². The molecule has 0 saturated carbocycles. The first-order chi connectivity index (χ1) is 25.2. The average Bonchev–Trinajstić information content (AvgIpc) is 3.84. The monoisotopic (exact) mass is 772 g/mol. The molecule has 53 heavy (non-hydrogen) atoms. The molecule has 6 aromatic rings. The number of hydrogen-bond acceptors (Lipinski definition) is 11. The topological polar surface area (TPSA) is 198 Å². The van der Waals surface area contributed by atoms with E-state index in [1.165, 1.54) is 17.2 Å². The van der Waals surface area contributed by atoms with Gasteiger partial charge in [0.15, 0.2) is 15.7 Å². The highest BCUT2D eigenvalue weighted by atomic mass is 32.2. The van der Waals surface area contributed by atoms with E-state index in [4.69, 9.17) is 14.6 Å². The molecule has 0 aliphatic carbocycles. The minimum Gasteiger partial charge on any atom is -0.497 e. The van der Waals surface area contributed by atoms with Crippen molar-refractivity contribution < 1.29 is 26.3 Å². The molecule has 0 fully saturated rings. The van der Waals surface area contributed by atoms with E-state index in [1.807, 2.05) is 68.2 Å². The summed E-state index contributed by atoms with van der Waals surface area (Å²) in [5, 5.41) is 26.2. The summed E-state index contributed by atoms with van der Waals surface area (Å²) in [6.07, 6.45) is 1.83. The Hall–Kier alpha value is -5.23. The predicted octanol–water partition coefficient (Wildman–Crippen LogP) is 5.21. The summed E-state index contributed by atoms with van der Waals surface area (Å²) in [5.41, 5.74) is 3.97. The molecule has 6 rings (SSSR count). The number of H-pyrrole nitrogens is 1. The molecule has 0 atom stereocenters. The van der Waals surface area contributed by atoms with Crippen molar-refractivity contribution >= 4 is 27.9 Å². The summed E-state index contributed by atoms with van der Waals surface area (Å²) in [5.74, 6) is 1.42. The normalized spacial score (nSPS) is 12.2. The molecule has 14 nitrogen and oxygen atoms in total. The van der Waals surface area contributed by atoms with Gasteiger partial charge >= 0.3 is 0 Å². The van der Waals surface area contributed by atoms with Gasteiger partial charge < -0.3 is 9.47 Å². The maximum Gasteiger partial charge on any atom is 0.240 e. The van der Waals surface area contributed by atoms with E-state index in [9.17, 15) is 16.8 Å². The Bertz CT molecular complexity index is 2450. The van der Waals surface area contributed by atoms with Crippen LogP contribution in [0.1, 0.15) is 16.7 Å². The van der Waals surface area contributed by atoms with Gasteiger partial charge in [0.1, 0.15) is 22.7 Å². The lowest BCUT2D eigenvalue weighted by atomic mass is 9.88. The Morgan fingerprint density at radius 2 is 1.43 bits per heavy atom. The standard InChI is InChI=1S/C36H40N8O6S2Si/c1-49-26-13-9-24(10-14-26)21-31-28(7-6-8-30(31)35-38-23-39-40-35)29-17-18-32(51(45,46)19-20-53(3,4)5)34(52(37,47)48)33(29)36-41-43-44(42-36)22-25-11-15-27(50-2)16-12-25/h6-18,23H,19-22H2,1-5H3,(H2,37,47,48)(H,38,39,40). The zero-order valence-corrected chi connectivity index (χ0v) is 32.6. The van der Waals surface area contributed by atoms with Crippen LogP contribution in [0.15, 0.2) is 95.0 Å². The molecule has 0 aliphatic heterocycles. The lowest BCUT2D eigenvalue weighted by molar-refractivity contribution is 0.414. The molecule has 4 aromatic carbocycles. The number of tetrazole rings is 1. The number of methoxy groups -OCH3 is 2. The number of rotatable bonds is 14. The van der Waals surface area contributed by atoms with Crippen LogP contribution < -0.4 is 14.6 Å². The van der Waals surface area contributed by atoms with Crippen LogP contribution in [0, 0.1) is 0 Å². The molecule has 0 aliphatic rings. The van der Waals surface area contributed by atoms with Gasteiger partial charge in [0, 0.05) is 13.6 Å². The molecular formula is C36H40N8O6S2Si. The molecule has 0 radical (unpaired) electrons. The summed E-state index contributed by atoms with van der Waals surface area (Å²) < 4.78 is 66.2. The smallest absolute Gasteiger partial charge is 0.240 e. The summed E-state index contributed by atoms with van der Waals surface area (Å²) >= 11 is 0. The Morgan fingerprint density at radius 1 is 0.792 bits per heavy atom. The molecular weight excluding hydrogens is 733 g/mol. The van der Waals surface area contributed by atoms with Gasteiger partial charge in [0.25, 0.3) is 0 Å². The second-order valence-corrected chi connectivity index (χ2v) is 22.9. The first-order valence-electron chi connectivity index (χ1n) is 16.6. The Kier molecular flexibility index (Phi) is 10.6. The summed E-state index contributed by atoms with van der Waals surface area (Å²) in [4.78, 5) is 4.71. The van der Waals surface area contributed by atoms with E-state index in [1.54, 1.807) is 38.5 Å². The number of sulfone groups is 1. The number of benzene rings is 4. The van der Waals surface area contributed by atoms with Gasteiger partial charge in [-0.05, 0) is 75.8 Å². The van der Waals surface area contributed by atoms with E-state index >= 15 is 0 Å². The van der Waals surface area contributed by atoms with Crippen LogP contribution in [-0.2, 0) is 32.8 Å². The Labute approximate surface area is 309 Å². The highest BCUT2D eigenvalue weighted by molar-refractivity contribution is 7.93. The Balaban J connectivity index is 1.61. The summed E-state index contributed by atoms with van der Waals surface area (Å²) in [6.45, 7) is 6.34. The summed E-state index contributed by atoms with van der Waals surface area (Å²) in [6, 6.07) is 23.6. The highest BCUT2D eigenvalue weighted by Gasteiger charge is 2.34. The molecule has 0 saturated heterocycles. The molecule has 2 heterocycles. The molecule has 0 unspecified atom stereocenters. The number of hydrogen-bond donors (Lipinski definition) is 2. The van der Waals surface area contributed by atoms with E-state index in [-0.39, 0.29) is 23.7 Å². The van der Waals surface area contributed by atoms with Crippen LogP contribution >= 0.6 is 0 Å². The van der Waals surface area contributed by atoms with Crippen LogP contribution in [0.4, 0.5) is 0 Å². The third kappa shape index (κ3) is 8.54. The van der Waals surface area contributed by atoms with Gasteiger partial charge in [-0.2, -0.15) is 9.90 Å². The predicted molar refractivity (Wildman–Crippen MR) is 204 cm³/mol. The summed E-state index contributed by atoms with van der Waals surface area (Å²) in [7, 11) is -7.55. The van der Waals surface area contributed by atoms with Crippen LogP contribution in [0.3, 0.4) is 0 Å². The first kappa shape index (κ1) is 37.5. The largest absolute Gasteiger partial charge is 0.497 e. The van der Waals surface area contributed by atoms with Gasteiger partial charge in [-0.3, -0.25) is 5.10 Å². The fourth-order valence-electron chi connectivity index (χ4n) is 5.92. The van der Waals surface area contributed by atoms with E-state index < -0.39 is 37.7 Å². The zero-order chi connectivity index (χ0) is 38.0. The molecule has 0 bridgehead atoms.